The van der Waals surface area contributed by atoms with Gasteiger partial charge in [0.15, 0.2) is 0 Å². The van der Waals surface area contributed by atoms with E-state index in [4.69, 9.17) is 17.3 Å². The number of hydrogen-bond acceptors (Lipinski definition) is 4. The van der Waals surface area contributed by atoms with Crippen molar-refractivity contribution in [2.45, 2.75) is 0 Å². The van der Waals surface area contributed by atoms with Gasteiger partial charge >= 0.3 is 5.97 Å². The van der Waals surface area contributed by atoms with E-state index in [9.17, 15) is 9.18 Å². The van der Waals surface area contributed by atoms with Gasteiger partial charge in [-0.15, -0.1) is 0 Å². The molecule has 0 fully saturated rings. The summed E-state index contributed by atoms with van der Waals surface area (Å²) in [6.07, 6.45) is 2.83. The molecule has 2 aromatic rings. The molecule has 0 aliphatic heterocycles. The number of rotatable bonds is 2. The Labute approximate surface area is 114 Å². The number of benzene rings is 1. The van der Waals surface area contributed by atoms with Gasteiger partial charge in [0.2, 0.25) is 0 Å². The quantitative estimate of drug-likeness (QED) is 0.678. The number of carbonyl (C=O) groups excluding carboxylic acids is 1. The van der Waals surface area contributed by atoms with E-state index in [-0.39, 0.29) is 16.3 Å². The Morgan fingerprint density at radius 2 is 2.11 bits per heavy atom. The maximum Gasteiger partial charge on any atom is 0.339 e. The number of ether oxygens (including phenoxy) is 1. The van der Waals surface area contributed by atoms with Crippen LogP contribution < -0.4 is 5.73 Å². The number of methoxy groups -OCH3 is 1. The van der Waals surface area contributed by atoms with Gasteiger partial charge in [-0.2, -0.15) is 0 Å². The molecule has 0 saturated carbocycles. The molecule has 2 rings (SSSR count). The molecule has 1 heterocycles. The second kappa shape index (κ2) is 5.24. The summed E-state index contributed by atoms with van der Waals surface area (Å²) < 4.78 is 18.1. The number of nitrogens with two attached hydrogens (primary N) is 1. The summed E-state index contributed by atoms with van der Waals surface area (Å²) >= 11 is 6.01. The lowest BCUT2D eigenvalue weighted by Crippen LogP contribution is -2.02. The molecule has 4 nitrogen and oxygen atoms in total. The fourth-order valence-corrected chi connectivity index (χ4v) is 1.88. The van der Waals surface area contributed by atoms with Crippen LogP contribution in [0.4, 0.5) is 10.1 Å². The third-order valence-corrected chi connectivity index (χ3v) is 2.87. The number of nitrogens with zero attached hydrogens (tertiary/aromatic N) is 1. The van der Waals surface area contributed by atoms with Crippen LogP contribution in [-0.2, 0) is 4.74 Å². The molecule has 0 atom stereocenters. The van der Waals surface area contributed by atoms with E-state index in [1.165, 1.54) is 37.7 Å². The average molecular weight is 281 g/mol. The van der Waals surface area contributed by atoms with Crippen LogP contribution in [0.1, 0.15) is 10.4 Å². The molecular formula is C13H10ClFN2O2. The van der Waals surface area contributed by atoms with Crippen molar-refractivity contribution in [2.24, 2.45) is 0 Å². The molecule has 0 unspecified atom stereocenters. The first-order valence-corrected chi connectivity index (χ1v) is 5.69. The highest BCUT2D eigenvalue weighted by Crippen LogP contribution is 2.31. The topological polar surface area (TPSA) is 65.2 Å². The molecule has 19 heavy (non-hydrogen) atoms. The molecule has 0 amide bonds. The van der Waals surface area contributed by atoms with Crippen LogP contribution in [0.2, 0.25) is 5.02 Å². The Balaban J connectivity index is 2.53. The maximum absolute atomic E-state index is 13.5. The van der Waals surface area contributed by atoms with Crippen LogP contribution >= 0.6 is 11.6 Å². The van der Waals surface area contributed by atoms with E-state index in [1.807, 2.05) is 0 Å². The van der Waals surface area contributed by atoms with Crippen LogP contribution in [0.5, 0.6) is 0 Å². The van der Waals surface area contributed by atoms with Gasteiger partial charge in [-0.1, -0.05) is 11.6 Å². The second-order valence-electron chi connectivity index (χ2n) is 3.81. The Kier molecular flexibility index (Phi) is 3.66. The van der Waals surface area contributed by atoms with E-state index in [0.29, 0.717) is 11.1 Å². The number of halogens is 2. The van der Waals surface area contributed by atoms with Crippen molar-refractivity contribution in [3.63, 3.8) is 0 Å². The van der Waals surface area contributed by atoms with Gasteiger partial charge < -0.3 is 10.5 Å². The first kappa shape index (κ1) is 13.3. The van der Waals surface area contributed by atoms with Crippen molar-refractivity contribution >= 4 is 23.3 Å². The maximum atomic E-state index is 13.5. The summed E-state index contributed by atoms with van der Waals surface area (Å²) in [6, 6.07) is 4.04. The van der Waals surface area contributed by atoms with Gasteiger partial charge in [-0.3, -0.25) is 4.98 Å². The van der Waals surface area contributed by atoms with Gasteiger partial charge in [-0.25, -0.2) is 9.18 Å². The number of nitrogen functional groups attached to an aromatic ring is 1. The van der Waals surface area contributed by atoms with Crippen molar-refractivity contribution in [2.75, 3.05) is 12.8 Å². The molecule has 2 N–H and O–H groups in total. The van der Waals surface area contributed by atoms with Crippen molar-refractivity contribution in [3.05, 3.63) is 47.0 Å². The number of esters is 1. The predicted octanol–water partition coefficient (Wildman–Crippen LogP) is 2.91. The molecule has 6 heteroatoms. The molecule has 0 aliphatic rings. The smallest absolute Gasteiger partial charge is 0.339 e. The zero-order valence-electron chi connectivity index (χ0n) is 9.98. The number of anilines is 1. The van der Waals surface area contributed by atoms with Crippen molar-refractivity contribution in [1.29, 1.82) is 0 Å². The van der Waals surface area contributed by atoms with E-state index in [0.717, 1.165) is 0 Å². The highest BCUT2D eigenvalue weighted by atomic mass is 35.5. The predicted molar refractivity (Wildman–Crippen MR) is 70.4 cm³/mol. The first-order valence-electron chi connectivity index (χ1n) is 5.31. The summed E-state index contributed by atoms with van der Waals surface area (Å²) in [4.78, 5) is 15.3. The second-order valence-corrected chi connectivity index (χ2v) is 4.21. The minimum absolute atomic E-state index is 0.0363. The zero-order valence-corrected chi connectivity index (χ0v) is 10.7. The van der Waals surface area contributed by atoms with Gasteiger partial charge in [-0.05, 0) is 18.2 Å². The summed E-state index contributed by atoms with van der Waals surface area (Å²) in [5.41, 5.74) is 6.55. The molecule has 0 aliphatic carbocycles. The SMILES string of the molecule is COC(=O)c1cncc(-c2cc(F)c(N)cc2Cl)c1. The van der Waals surface area contributed by atoms with Gasteiger partial charge in [0.05, 0.1) is 23.4 Å². The molecule has 0 spiro atoms. The van der Waals surface area contributed by atoms with Crippen LogP contribution in [0.3, 0.4) is 0 Å². The molecule has 0 bridgehead atoms. The molecular weight excluding hydrogens is 271 g/mol. The monoisotopic (exact) mass is 280 g/mol. The van der Waals surface area contributed by atoms with E-state index >= 15 is 0 Å². The summed E-state index contributed by atoms with van der Waals surface area (Å²) in [5, 5.41) is 0.280. The Morgan fingerprint density at radius 1 is 1.37 bits per heavy atom. The minimum atomic E-state index is -0.581. The molecule has 1 aromatic carbocycles. The van der Waals surface area contributed by atoms with E-state index in [2.05, 4.69) is 9.72 Å². The molecule has 0 saturated heterocycles. The van der Waals surface area contributed by atoms with Crippen molar-refractivity contribution in [1.82, 2.24) is 4.98 Å². The molecule has 0 radical (unpaired) electrons. The van der Waals surface area contributed by atoms with Gasteiger partial charge in [0.25, 0.3) is 0 Å². The van der Waals surface area contributed by atoms with Gasteiger partial charge in [0.1, 0.15) is 5.82 Å². The normalized spacial score (nSPS) is 10.3. The third kappa shape index (κ3) is 2.66. The Hall–Kier alpha value is -2.14. The number of hydrogen-bond donors (Lipinski definition) is 1. The zero-order chi connectivity index (χ0) is 14.0. The van der Waals surface area contributed by atoms with E-state index < -0.39 is 11.8 Å². The molecule has 1 aromatic heterocycles. The third-order valence-electron chi connectivity index (χ3n) is 2.56. The molecule has 98 valence electrons. The number of carbonyl (C=O) groups is 1. The van der Waals surface area contributed by atoms with Gasteiger partial charge in [0, 0.05) is 23.5 Å². The fraction of sp³-hybridized carbons (Fsp3) is 0.0769. The minimum Gasteiger partial charge on any atom is -0.465 e. The summed E-state index contributed by atoms with van der Waals surface area (Å²) in [7, 11) is 1.27. The fourth-order valence-electron chi connectivity index (χ4n) is 1.60. The summed E-state index contributed by atoms with van der Waals surface area (Å²) in [5.74, 6) is -1.11. The van der Waals surface area contributed by atoms with Crippen molar-refractivity contribution in [3.8, 4) is 11.1 Å². The van der Waals surface area contributed by atoms with Crippen LogP contribution in [0.15, 0.2) is 30.6 Å². The summed E-state index contributed by atoms with van der Waals surface area (Å²) in [6.45, 7) is 0. The first-order chi connectivity index (χ1) is 9.02. The number of aromatic nitrogens is 1. The number of pyridine rings is 1. The van der Waals surface area contributed by atoms with Crippen LogP contribution in [0.25, 0.3) is 11.1 Å². The Bertz CT molecular complexity index is 647. The lowest BCUT2D eigenvalue weighted by molar-refractivity contribution is 0.0600. The lowest BCUT2D eigenvalue weighted by Gasteiger charge is -2.07. The Morgan fingerprint density at radius 3 is 2.79 bits per heavy atom. The van der Waals surface area contributed by atoms with E-state index in [1.54, 1.807) is 0 Å². The lowest BCUT2D eigenvalue weighted by atomic mass is 10.1. The van der Waals surface area contributed by atoms with Crippen LogP contribution in [0, 0.1) is 5.82 Å². The average Bonchev–Trinajstić information content (AvgIpc) is 2.42. The standard InChI is InChI=1S/C13H10ClFN2O2/c1-19-13(18)8-2-7(5-17-6-8)9-3-11(15)12(16)4-10(9)14/h2-6H,16H2,1H3. The largest absolute Gasteiger partial charge is 0.465 e. The van der Waals surface area contributed by atoms with Crippen LogP contribution in [-0.4, -0.2) is 18.1 Å². The highest BCUT2D eigenvalue weighted by Gasteiger charge is 2.12. The highest BCUT2D eigenvalue weighted by molar-refractivity contribution is 6.33. The van der Waals surface area contributed by atoms with Crippen molar-refractivity contribution < 1.29 is 13.9 Å².